The van der Waals surface area contributed by atoms with Crippen molar-refractivity contribution < 1.29 is 52.5 Å². The largest absolute Gasteiger partial charge is 0.495 e. The van der Waals surface area contributed by atoms with Gasteiger partial charge in [0.25, 0.3) is 0 Å². The van der Waals surface area contributed by atoms with E-state index in [1.807, 2.05) is 0 Å². The predicted molar refractivity (Wildman–Crippen MR) is 176 cm³/mol. The van der Waals surface area contributed by atoms with Gasteiger partial charge >= 0.3 is 24.0 Å². The van der Waals surface area contributed by atoms with E-state index in [2.05, 4.69) is 10.6 Å². The number of benzene rings is 2. The fourth-order valence-corrected chi connectivity index (χ4v) is 4.71. The molecule has 2 rings (SSSR count). The maximum absolute atomic E-state index is 13.3. The molecule has 2 N–H and O–H groups in total. The first-order valence-corrected chi connectivity index (χ1v) is 15.2. The lowest BCUT2D eigenvalue weighted by Gasteiger charge is -2.26. The number of carbonyl (C=O) groups excluding carboxylic acids is 6. The highest BCUT2D eigenvalue weighted by molar-refractivity contribution is 6.00. The highest BCUT2D eigenvalue weighted by Crippen LogP contribution is 2.41. The minimum atomic E-state index is -1.22. The molecule has 0 aliphatic heterocycles. The third-order valence-electron chi connectivity index (χ3n) is 6.45. The number of rotatable bonds is 12. The van der Waals surface area contributed by atoms with E-state index in [9.17, 15) is 28.8 Å². The van der Waals surface area contributed by atoms with E-state index in [1.54, 1.807) is 59.7 Å². The molecule has 0 aliphatic carbocycles. The van der Waals surface area contributed by atoms with Gasteiger partial charge in [-0.05, 0) is 83.9 Å². The Morgan fingerprint density at radius 1 is 0.708 bits per heavy atom. The van der Waals surface area contributed by atoms with Crippen molar-refractivity contribution >= 4 is 35.7 Å². The molecular formula is C35H46N2O11. The van der Waals surface area contributed by atoms with Gasteiger partial charge in [-0.1, -0.05) is 6.07 Å². The van der Waals surface area contributed by atoms with Gasteiger partial charge in [0.15, 0.2) is 5.78 Å². The van der Waals surface area contributed by atoms with Gasteiger partial charge in [-0.15, -0.1) is 0 Å². The van der Waals surface area contributed by atoms with Gasteiger partial charge < -0.3 is 34.3 Å². The van der Waals surface area contributed by atoms with Crippen LogP contribution in [0.3, 0.4) is 0 Å². The van der Waals surface area contributed by atoms with Crippen LogP contribution in [-0.2, 0) is 46.2 Å². The van der Waals surface area contributed by atoms with Gasteiger partial charge in [0, 0.05) is 37.8 Å². The summed E-state index contributed by atoms with van der Waals surface area (Å²) < 4.78 is 27.0. The molecule has 2 aromatic carbocycles. The van der Waals surface area contributed by atoms with E-state index in [0.717, 1.165) is 0 Å². The zero-order valence-corrected chi connectivity index (χ0v) is 29.4. The molecule has 0 radical (unpaired) electrons. The molecule has 0 unspecified atom stereocenters. The lowest BCUT2D eigenvalue weighted by Crippen LogP contribution is -2.47. The van der Waals surface area contributed by atoms with Crippen molar-refractivity contribution in [1.82, 2.24) is 10.6 Å². The van der Waals surface area contributed by atoms with Crippen LogP contribution >= 0.6 is 0 Å². The van der Waals surface area contributed by atoms with Gasteiger partial charge in [-0.3, -0.25) is 14.4 Å². The molecule has 0 aliphatic rings. The van der Waals surface area contributed by atoms with Crippen LogP contribution < -0.4 is 20.1 Å². The summed E-state index contributed by atoms with van der Waals surface area (Å²) in [7, 11) is 2.58. The Labute approximate surface area is 281 Å². The summed E-state index contributed by atoms with van der Waals surface area (Å²) in [6, 6.07) is 5.69. The summed E-state index contributed by atoms with van der Waals surface area (Å²) in [5, 5.41) is 5.14. The number of amides is 2. The van der Waals surface area contributed by atoms with Crippen molar-refractivity contribution in [2.45, 2.75) is 98.4 Å². The molecule has 0 saturated heterocycles. The Morgan fingerprint density at radius 3 is 1.77 bits per heavy atom. The fourth-order valence-electron chi connectivity index (χ4n) is 4.71. The first-order valence-electron chi connectivity index (χ1n) is 15.2. The van der Waals surface area contributed by atoms with E-state index in [4.69, 9.17) is 23.7 Å². The molecule has 0 heterocycles. The predicted octanol–water partition coefficient (Wildman–Crippen LogP) is 4.49. The van der Waals surface area contributed by atoms with Crippen LogP contribution in [0.2, 0.25) is 0 Å². The Kier molecular flexibility index (Phi) is 13.3. The second-order valence-electron chi connectivity index (χ2n) is 13.1. The van der Waals surface area contributed by atoms with Crippen molar-refractivity contribution in [3.05, 3.63) is 47.0 Å². The lowest BCUT2D eigenvalue weighted by molar-refractivity contribution is -0.157. The van der Waals surface area contributed by atoms with Gasteiger partial charge in [0.2, 0.25) is 5.91 Å². The second-order valence-corrected chi connectivity index (χ2v) is 13.1. The molecule has 13 heteroatoms. The number of ketones is 1. The van der Waals surface area contributed by atoms with Gasteiger partial charge in [0.05, 0.1) is 19.8 Å². The minimum Gasteiger partial charge on any atom is -0.495 e. The summed E-state index contributed by atoms with van der Waals surface area (Å²) in [4.78, 5) is 75.4. The number of Topliss-reactive ketones (excluding diaryl/α,β-unsaturated/α-hetero) is 1. The van der Waals surface area contributed by atoms with Crippen LogP contribution in [0.25, 0.3) is 11.1 Å². The van der Waals surface area contributed by atoms with E-state index >= 15 is 0 Å². The quantitative estimate of drug-likeness (QED) is 0.141. The normalized spacial score (nSPS) is 12.6. The van der Waals surface area contributed by atoms with E-state index in [1.165, 1.54) is 47.1 Å². The summed E-state index contributed by atoms with van der Waals surface area (Å²) >= 11 is 0. The molecule has 0 bridgehead atoms. The van der Waals surface area contributed by atoms with Crippen LogP contribution in [-0.4, -0.2) is 73.2 Å². The van der Waals surface area contributed by atoms with Crippen LogP contribution in [0, 0.1) is 0 Å². The second kappa shape index (κ2) is 16.2. The molecule has 2 aromatic rings. The molecule has 0 fully saturated rings. The maximum atomic E-state index is 13.3. The standard InChI is InChI=1S/C35H46N2O11/c1-19(38)24-15-23(18-28(32(42)47-34(4,5)6)37-33(43)48-35(7,8)9)16-26(30(24)44-10)25-14-22(12-13-29(25)46-21(3)40)17-27(31(41)45-11)36-20(2)39/h12-16,27-28H,17-18H2,1-11H3,(H,36,39)(H,37,43)/t27-,28-/m0/s1. The van der Waals surface area contributed by atoms with Crippen molar-refractivity contribution in [3.8, 4) is 22.6 Å². The molecule has 48 heavy (non-hydrogen) atoms. The number of ether oxygens (including phenoxy) is 5. The topological polar surface area (TPSA) is 173 Å². The molecule has 2 atom stereocenters. The third kappa shape index (κ3) is 12.0. The summed E-state index contributed by atoms with van der Waals surface area (Å²) in [5.74, 6) is -2.57. The van der Waals surface area contributed by atoms with Crippen LogP contribution in [0.15, 0.2) is 30.3 Å². The van der Waals surface area contributed by atoms with E-state index < -0.39 is 53.2 Å². The third-order valence-corrected chi connectivity index (χ3v) is 6.45. The highest BCUT2D eigenvalue weighted by atomic mass is 16.6. The Balaban J connectivity index is 2.80. The first-order chi connectivity index (χ1) is 22.1. The molecule has 0 spiro atoms. The molecule has 2 amide bonds. The Morgan fingerprint density at radius 2 is 1.27 bits per heavy atom. The zero-order chi connectivity index (χ0) is 36.6. The number of nitrogens with one attached hydrogen (secondary N) is 2. The van der Waals surface area contributed by atoms with Gasteiger partial charge in [-0.2, -0.15) is 0 Å². The van der Waals surface area contributed by atoms with Crippen LogP contribution in [0.4, 0.5) is 4.79 Å². The number of hydrogen-bond donors (Lipinski definition) is 2. The monoisotopic (exact) mass is 670 g/mol. The fraction of sp³-hybridized carbons (Fsp3) is 0.486. The van der Waals surface area contributed by atoms with Gasteiger partial charge in [0.1, 0.15) is 34.8 Å². The van der Waals surface area contributed by atoms with Crippen LogP contribution in [0.5, 0.6) is 11.5 Å². The van der Waals surface area contributed by atoms with Gasteiger partial charge in [-0.25, -0.2) is 14.4 Å². The zero-order valence-electron chi connectivity index (χ0n) is 29.4. The van der Waals surface area contributed by atoms with Crippen molar-refractivity contribution in [3.63, 3.8) is 0 Å². The number of esters is 3. The summed E-state index contributed by atoms with van der Waals surface area (Å²) in [6.45, 7) is 14.0. The molecule has 0 aromatic heterocycles. The average Bonchev–Trinajstić information content (AvgIpc) is 2.93. The first kappa shape index (κ1) is 39.2. The number of carbonyl (C=O) groups is 6. The van der Waals surface area contributed by atoms with Crippen molar-refractivity contribution in [2.24, 2.45) is 0 Å². The number of hydrogen-bond acceptors (Lipinski definition) is 11. The highest BCUT2D eigenvalue weighted by Gasteiger charge is 2.31. The van der Waals surface area contributed by atoms with Crippen molar-refractivity contribution in [1.29, 1.82) is 0 Å². The average molecular weight is 671 g/mol. The van der Waals surface area contributed by atoms with Crippen molar-refractivity contribution in [2.75, 3.05) is 14.2 Å². The summed E-state index contributed by atoms with van der Waals surface area (Å²) in [6.07, 6.45) is -0.953. The maximum Gasteiger partial charge on any atom is 0.408 e. The smallest absolute Gasteiger partial charge is 0.408 e. The molecular weight excluding hydrogens is 624 g/mol. The van der Waals surface area contributed by atoms with E-state index in [-0.39, 0.29) is 35.7 Å². The number of methoxy groups -OCH3 is 2. The minimum absolute atomic E-state index is 0.0156. The molecule has 13 nitrogen and oxygen atoms in total. The van der Waals surface area contributed by atoms with Crippen LogP contribution in [0.1, 0.15) is 83.8 Å². The summed E-state index contributed by atoms with van der Waals surface area (Å²) in [5.41, 5.74) is 0.0156. The SMILES string of the molecule is COC(=O)[C@H](Cc1ccc(OC(C)=O)c(-c2cc(C[C@H](NC(=O)OC(C)(C)C)C(=O)OC(C)(C)C)cc(C(C)=O)c2OC)c1)NC(C)=O. The molecule has 0 saturated carbocycles. The van der Waals surface area contributed by atoms with E-state index in [0.29, 0.717) is 22.3 Å². The Hall–Kier alpha value is -4.94. The molecule has 262 valence electrons. The number of alkyl carbamates (subject to hydrolysis) is 1. The lowest BCUT2D eigenvalue weighted by atomic mass is 9.91. The Bertz CT molecular complexity index is 1550.